The van der Waals surface area contributed by atoms with Crippen molar-refractivity contribution in [3.63, 3.8) is 0 Å². The minimum Gasteiger partial charge on any atom is -0.497 e. The van der Waals surface area contributed by atoms with E-state index in [1.54, 1.807) is 14.0 Å². The fourth-order valence-corrected chi connectivity index (χ4v) is 6.10. The summed E-state index contributed by atoms with van der Waals surface area (Å²) in [5, 5.41) is 19.3. The summed E-state index contributed by atoms with van der Waals surface area (Å²) in [6.07, 6.45) is 5.39. The van der Waals surface area contributed by atoms with Gasteiger partial charge in [-0.15, -0.1) is 0 Å². The lowest BCUT2D eigenvalue weighted by atomic mass is 9.70. The largest absolute Gasteiger partial charge is 0.497 e. The van der Waals surface area contributed by atoms with Crippen LogP contribution in [0, 0.1) is 11.8 Å². The summed E-state index contributed by atoms with van der Waals surface area (Å²) >= 11 is 0. The molecule has 4 N–H and O–H groups in total. The van der Waals surface area contributed by atoms with Crippen LogP contribution in [-0.4, -0.2) is 66.3 Å². The Morgan fingerprint density at radius 1 is 1.13 bits per heavy atom. The first-order valence-corrected chi connectivity index (χ1v) is 14.3. The highest BCUT2D eigenvalue weighted by Gasteiger charge is 2.52. The number of epoxide rings is 1. The van der Waals surface area contributed by atoms with Crippen molar-refractivity contribution in [2.24, 2.45) is 11.8 Å². The molecule has 0 aromatic heterocycles. The third-order valence-corrected chi connectivity index (χ3v) is 8.95. The Balaban J connectivity index is 1.32. The number of Topliss-reactive ketones (excluding diaryl/α,β-unsaturated/α-hetero) is 1. The number of carbonyl (C=O) groups excluding carboxylic acids is 3. The van der Waals surface area contributed by atoms with Gasteiger partial charge in [0.25, 0.3) is 0 Å². The number of nitrogens with one attached hydrogen (secondary N) is 3. The van der Waals surface area contributed by atoms with E-state index < -0.39 is 11.6 Å². The van der Waals surface area contributed by atoms with Crippen molar-refractivity contribution in [2.75, 3.05) is 13.7 Å². The lowest BCUT2D eigenvalue weighted by Crippen LogP contribution is -2.56. The summed E-state index contributed by atoms with van der Waals surface area (Å²) < 4.78 is 10.8. The highest BCUT2D eigenvalue weighted by atomic mass is 16.6. The van der Waals surface area contributed by atoms with Crippen LogP contribution in [0.25, 0.3) is 0 Å². The molecule has 39 heavy (non-hydrogen) atoms. The average Bonchev–Trinajstić information content (AvgIpc) is 3.67. The molecule has 4 aliphatic rings. The second kappa shape index (κ2) is 11.3. The van der Waals surface area contributed by atoms with Crippen molar-refractivity contribution in [2.45, 2.75) is 95.0 Å². The lowest BCUT2D eigenvalue weighted by molar-refractivity contribution is -0.132. The van der Waals surface area contributed by atoms with Crippen LogP contribution >= 0.6 is 0 Å². The molecule has 2 heterocycles. The van der Waals surface area contributed by atoms with Crippen LogP contribution in [0.2, 0.25) is 0 Å². The number of methoxy groups -OCH3 is 1. The number of aliphatic hydroxyl groups is 1. The Morgan fingerprint density at radius 2 is 1.82 bits per heavy atom. The molecule has 2 amide bonds. The van der Waals surface area contributed by atoms with Crippen molar-refractivity contribution >= 4 is 17.6 Å². The maximum Gasteiger partial charge on any atom is 0.242 e. The topological polar surface area (TPSA) is 129 Å². The molecule has 212 valence electrons. The van der Waals surface area contributed by atoms with E-state index in [1.807, 2.05) is 31.2 Å². The van der Waals surface area contributed by atoms with Crippen LogP contribution < -0.4 is 20.7 Å². The maximum atomic E-state index is 13.4. The Bertz CT molecular complexity index is 1120. The molecule has 2 aliphatic heterocycles. The normalized spacial score (nSPS) is 31.1. The number of hydrogen-bond donors (Lipinski definition) is 4. The zero-order valence-electron chi connectivity index (χ0n) is 23.1. The SMILES string of the molecule is COc1ccc(CC(NC(=O)C(C)NC(=O)C2CCC(O)CC2)C2=C3CCC3CC(C(=O)C3(C)CO3)N2)cc1. The summed E-state index contributed by atoms with van der Waals surface area (Å²) in [5.74, 6) is 0.555. The third kappa shape index (κ3) is 6.14. The predicted molar refractivity (Wildman–Crippen MR) is 145 cm³/mol. The molecule has 1 saturated heterocycles. The van der Waals surface area contributed by atoms with Crippen LogP contribution in [-0.2, 0) is 25.5 Å². The van der Waals surface area contributed by atoms with Gasteiger partial charge in [-0.25, -0.2) is 0 Å². The number of allylic oxidation sites excluding steroid dienone is 1. The van der Waals surface area contributed by atoms with E-state index in [2.05, 4.69) is 16.0 Å². The highest BCUT2D eigenvalue weighted by molar-refractivity contribution is 5.94. The minimum atomic E-state index is -0.717. The standard InChI is InChI=1S/C30H41N3O6/c1-17(31-29(37)19-6-9-21(34)10-7-19)28(36)33-24(14-18-4-11-22(38-3)12-5-18)26-23-13-8-20(23)15-25(32-26)27(35)30(2)16-39-30/h4-5,11-12,17,19-21,24-25,32,34H,6-10,13-16H2,1-3H3,(H,31,37)(H,33,36). The summed E-state index contributed by atoms with van der Waals surface area (Å²) in [5.41, 5.74) is 2.50. The molecule has 3 fully saturated rings. The number of ketones is 1. The minimum absolute atomic E-state index is 0.0682. The van der Waals surface area contributed by atoms with Crippen molar-refractivity contribution in [3.8, 4) is 5.75 Å². The number of ether oxygens (including phenoxy) is 2. The summed E-state index contributed by atoms with van der Waals surface area (Å²) in [6, 6.07) is 6.31. The van der Waals surface area contributed by atoms with Crippen LogP contribution in [0.5, 0.6) is 5.75 Å². The van der Waals surface area contributed by atoms with Crippen molar-refractivity contribution in [3.05, 3.63) is 41.1 Å². The first-order chi connectivity index (χ1) is 18.7. The fourth-order valence-electron chi connectivity index (χ4n) is 6.10. The smallest absolute Gasteiger partial charge is 0.242 e. The summed E-state index contributed by atoms with van der Waals surface area (Å²) in [4.78, 5) is 39.5. The van der Waals surface area contributed by atoms with E-state index in [-0.39, 0.29) is 41.7 Å². The number of benzene rings is 1. The van der Waals surface area contributed by atoms with Crippen molar-refractivity contribution < 1.29 is 29.0 Å². The van der Waals surface area contributed by atoms with E-state index in [4.69, 9.17) is 9.47 Å². The molecule has 0 spiro atoms. The summed E-state index contributed by atoms with van der Waals surface area (Å²) in [7, 11) is 1.62. The maximum absolute atomic E-state index is 13.4. The lowest BCUT2D eigenvalue weighted by Gasteiger charge is -2.43. The molecule has 9 nitrogen and oxygen atoms in total. The van der Waals surface area contributed by atoms with Gasteiger partial charge in [0.15, 0.2) is 5.78 Å². The number of fused-ring (bicyclic) bond motifs is 1. The van der Waals surface area contributed by atoms with Crippen LogP contribution in [0.1, 0.15) is 64.4 Å². The molecule has 2 aliphatic carbocycles. The molecule has 0 bridgehead atoms. The number of aliphatic hydroxyl groups excluding tert-OH is 1. The van der Waals surface area contributed by atoms with E-state index in [1.165, 1.54) is 5.57 Å². The number of rotatable bonds is 10. The number of hydrogen-bond acceptors (Lipinski definition) is 7. The van der Waals surface area contributed by atoms with Crippen molar-refractivity contribution in [1.82, 2.24) is 16.0 Å². The first kappa shape index (κ1) is 27.6. The van der Waals surface area contributed by atoms with Gasteiger partial charge in [0, 0.05) is 11.6 Å². The van der Waals surface area contributed by atoms with Gasteiger partial charge < -0.3 is 30.5 Å². The van der Waals surface area contributed by atoms with Gasteiger partial charge in [-0.1, -0.05) is 12.1 Å². The van der Waals surface area contributed by atoms with Crippen LogP contribution in [0.4, 0.5) is 0 Å². The molecule has 5 rings (SSSR count). The average molecular weight is 540 g/mol. The van der Waals surface area contributed by atoms with E-state index in [0.717, 1.165) is 36.3 Å². The Labute approximate surface area is 230 Å². The number of carbonyl (C=O) groups is 3. The van der Waals surface area contributed by atoms with Gasteiger partial charge in [0.05, 0.1) is 31.9 Å². The zero-order valence-corrected chi connectivity index (χ0v) is 23.1. The first-order valence-electron chi connectivity index (χ1n) is 14.3. The van der Waals surface area contributed by atoms with Gasteiger partial charge >= 0.3 is 0 Å². The fraction of sp³-hybridized carbons (Fsp3) is 0.633. The van der Waals surface area contributed by atoms with Gasteiger partial charge in [-0.3, -0.25) is 14.4 Å². The molecule has 0 radical (unpaired) electrons. The molecule has 5 unspecified atom stereocenters. The molecule has 1 aromatic carbocycles. The van der Waals surface area contributed by atoms with Crippen molar-refractivity contribution in [1.29, 1.82) is 0 Å². The highest BCUT2D eigenvalue weighted by Crippen LogP contribution is 2.44. The van der Waals surface area contributed by atoms with E-state index in [9.17, 15) is 19.5 Å². The van der Waals surface area contributed by atoms with Gasteiger partial charge in [0.2, 0.25) is 11.8 Å². The molecular weight excluding hydrogens is 498 g/mol. The summed E-state index contributed by atoms with van der Waals surface area (Å²) in [6.45, 7) is 3.99. The molecule has 9 heteroatoms. The molecule has 1 aromatic rings. The molecule has 5 atom stereocenters. The van der Waals surface area contributed by atoms with Gasteiger partial charge in [-0.05, 0) is 94.4 Å². The second-order valence-electron chi connectivity index (χ2n) is 11.8. The second-order valence-corrected chi connectivity index (χ2v) is 11.8. The van der Waals surface area contributed by atoms with Gasteiger partial charge in [-0.2, -0.15) is 0 Å². The van der Waals surface area contributed by atoms with Crippen LogP contribution in [0.15, 0.2) is 35.5 Å². The Kier molecular flexibility index (Phi) is 8.01. The molecule has 2 saturated carbocycles. The quantitative estimate of drug-likeness (QED) is 0.335. The molecular formula is C30H41N3O6. The predicted octanol–water partition coefficient (Wildman–Crippen LogP) is 2.16. The monoisotopic (exact) mass is 539 g/mol. The van der Waals surface area contributed by atoms with E-state index in [0.29, 0.717) is 44.6 Å². The number of amides is 2. The Hall–Kier alpha value is -2.91. The third-order valence-electron chi connectivity index (χ3n) is 8.95. The Morgan fingerprint density at radius 3 is 2.41 bits per heavy atom. The zero-order chi connectivity index (χ0) is 27.7. The van der Waals surface area contributed by atoms with Gasteiger partial charge in [0.1, 0.15) is 17.4 Å². The van der Waals surface area contributed by atoms with Crippen LogP contribution in [0.3, 0.4) is 0 Å². The van der Waals surface area contributed by atoms with E-state index >= 15 is 0 Å².